The molecule has 0 saturated carbocycles. The SMILES string of the molecule is O/N=C(/c1[c-]cccc1)C1CCNCC1.[Y]. The first-order valence-electron chi connectivity index (χ1n) is 5.31. The molecule has 1 aliphatic rings. The van der Waals surface area contributed by atoms with Crippen molar-refractivity contribution in [3.05, 3.63) is 35.9 Å². The molecule has 0 aromatic heterocycles. The summed E-state index contributed by atoms with van der Waals surface area (Å²) in [6, 6.07) is 10.8. The smallest absolute Gasteiger partial charge is 0.00841 e. The second-order valence-electron chi connectivity index (χ2n) is 3.79. The number of hydrogen-bond donors (Lipinski definition) is 2. The Morgan fingerprint density at radius 2 is 2.12 bits per heavy atom. The normalized spacial score (nSPS) is 17.9. The van der Waals surface area contributed by atoms with Crippen molar-refractivity contribution in [2.45, 2.75) is 12.8 Å². The molecule has 1 fully saturated rings. The zero-order valence-electron chi connectivity index (χ0n) is 9.19. The summed E-state index contributed by atoms with van der Waals surface area (Å²) in [5.74, 6) is 0.356. The Morgan fingerprint density at radius 3 is 2.69 bits per heavy atom. The molecule has 1 saturated heterocycles. The fourth-order valence-corrected chi connectivity index (χ4v) is 2.00. The van der Waals surface area contributed by atoms with Crippen LogP contribution in [0.5, 0.6) is 0 Å². The molecule has 0 atom stereocenters. The quantitative estimate of drug-likeness (QED) is 0.377. The van der Waals surface area contributed by atoms with E-state index in [1.165, 1.54) is 0 Å². The van der Waals surface area contributed by atoms with Crippen molar-refractivity contribution in [1.82, 2.24) is 5.32 Å². The second kappa shape index (κ2) is 7.15. The number of hydrogen-bond acceptors (Lipinski definition) is 3. The third-order valence-electron chi connectivity index (χ3n) is 2.82. The number of nitrogens with one attached hydrogen (secondary N) is 1. The van der Waals surface area contributed by atoms with Gasteiger partial charge in [-0.05, 0) is 31.8 Å². The monoisotopic (exact) mass is 292 g/mol. The minimum atomic E-state index is 0. The maximum Gasteiger partial charge on any atom is 0.00841 e. The first kappa shape index (κ1) is 13.8. The predicted octanol–water partition coefficient (Wildman–Crippen LogP) is 1.66. The number of piperidine rings is 1. The van der Waals surface area contributed by atoms with E-state index in [2.05, 4.69) is 16.5 Å². The summed E-state index contributed by atoms with van der Waals surface area (Å²) in [6.45, 7) is 1.99. The van der Waals surface area contributed by atoms with E-state index < -0.39 is 0 Å². The zero-order chi connectivity index (χ0) is 10.5. The van der Waals surface area contributed by atoms with Crippen molar-refractivity contribution < 1.29 is 37.9 Å². The Hall–Kier alpha value is -0.246. The van der Waals surface area contributed by atoms with E-state index in [1.807, 2.05) is 24.3 Å². The molecule has 2 rings (SSSR count). The number of benzene rings is 1. The molecule has 0 aliphatic carbocycles. The molecule has 3 nitrogen and oxygen atoms in total. The van der Waals surface area contributed by atoms with Crippen LogP contribution >= 0.6 is 0 Å². The minimum absolute atomic E-state index is 0. The van der Waals surface area contributed by atoms with E-state index in [1.54, 1.807) is 0 Å². The van der Waals surface area contributed by atoms with Crippen molar-refractivity contribution >= 4 is 5.71 Å². The summed E-state index contributed by atoms with van der Waals surface area (Å²) in [4.78, 5) is 0. The molecule has 0 bridgehead atoms. The number of rotatable bonds is 2. The molecular weight excluding hydrogens is 277 g/mol. The van der Waals surface area contributed by atoms with Gasteiger partial charge < -0.3 is 10.5 Å². The van der Waals surface area contributed by atoms with Gasteiger partial charge in [0.2, 0.25) is 0 Å². The van der Waals surface area contributed by atoms with Gasteiger partial charge in [0.05, 0.1) is 0 Å². The average molecular weight is 292 g/mol. The van der Waals surface area contributed by atoms with E-state index in [-0.39, 0.29) is 32.7 Å². The third kappa shape index (κ3) is 3.37. The average Bonchev–Trinajstić information content (AvgIpc) is 2.33. The maximum atomic E-state index is 9.08. The summed E-state index contributed by atoms with van der Waals surface area (Å²) < 4.78 is 0. The standard InChI is InChI=1S/C12H15N2O.Y/c15-14-12(10-4-2-1-3-5-10)11-6-8-13-9-7-11;/h1-4,11,13,15H,6-9H2;/q-1;/b14-12-;. The van der Waals surface area contributed by atoms with E-state index in [4.69, 9.17) is 5.21 Å². The fourth-order valence-electron chi connectivity index (χ4n) is 2.00. The van der Waals surface area contributed by atoms with E-state index in [0.29, 0.717) is 5.92 Å². The molecule has 2 N–H and O–H groups in total. The maximum absolute atomic E-state index is 9.08. The van der Waals surface area contributed by atoms with Crippen LogP contribution in [0.15, 0.2) is 29.4 Å². The van der Waals surface area contributed by atoms with Crippen molar-refractivity contribution in [3.8, 4) is 0 Å². The van der Waals surface area contributed by atoms with Crippen LogP contribution in [0.25, 0.3) is 0 Å². The Balaban J connectivity index is 0.00000128. The summed E-state index contributed by atoms with van der Waals surface area (Å²) in [6.07, 6.45) is 2.06. The minimum Gasteiger partial charge on any atom is -0.420 e. The Kier molecular flexibility index (Phi) is 6.18. The fraction of sp³-hybridized carbons (Fsp3) is 0.417. The van der Waals surface area contributed by atoms with Crippen LogP contribution in [-0.2, 0) is 32.7 Å². The van der Waals surface area contributed by atoms with E-state index in [9.17, 15) is 0 Å². The van der Waals surface area contributed by atoms with Gasteiger partial charge in [-0.3, -0.25) is 0 Å². The van der Waals surface area contributed by atoms with E-state index >= 15 is 0 Å². The summed E-state index contributed by atoms with van der Waals surface area (Å²) in [7, 11) is 0. The van der Waals surface area contributed by atoms with Crippen LogP contribution in [0.2, 0.25) is 0 Å². The van der Waals surface area contributed by atoms with Gasteiger partial charge in [0, 0.05) is 38.4 Å². The number of oxime groups is 1. The van der Waals surface area contributed by atoms with Crippen LogP contribution in [0.3, 0.4) is 0 Å². The Bertz CT molecular complexity index is 334. The van der Waals surface area contributed by atoms with Crippen molar-refractivity contribution in [2.75, 3.05) is 13.1 Å². The molecule has 83 valence electrons. The van der Waals surface area contributed by atoms with Crippen molar-refractivity contribution in [1.29, 1.82) is 0 Å². The van der Waals surface area contributed by atoms with Gasteiger partial charge in [0.25, 0.3) is 0 Å². The molecular formula is C12H15N2OY-. The molecule has 1 radical (unpaired) electrons. The first-order chi connectivity index (χ1) is 7.42. The molecule has 0 amide bonds. The molecule has 0 spiro atoms. The van der Waals surface area contributed by atoms with Gasteiger partial charge in [0.1, 0.15) is 0 Å². The van der Waals surface area contributed by atoms with Crippen LogP contribution < -0.4 is 5.32 Å². The summed E-state index contributed by atoms with van der Waals surface area (Å²) in [5, 5.41) is 15.8. The molecule has 16 heavy (non-hydrogen) atoms. The van der Waals surface area contributed by atoms with Gasteiger partial charge in [-0.2, -0.15) is 0 Å². The molecule has 0 unspecified atom stereocenters. The van der Waals surface area contributed by atoms with Crippen LogP contribution in [-0.4, -0.2) is 24.0 Å². The van der Waals surface area contributed by atoms with Crippen molar-refractivity contribution in [2.24, 2.45) is 11.1 Å². The third-order valence-corrected chi connectivity index (χ3v) is 2.82. The summed E-state index contributed by atoms with van der Waals surface area (Å²) >= 11 is 0. The van der Waals surface area contributed by atoms with Crippen LogP contribution in [0.4, 0.5) is 0 Å². The topological polar surface area (TPSA) is 44.6 Å². The first-order valence-corrected chi connectivity index (χ1v) is 5.31. The molecule has 1 aromatic rings. The molecule has 1 heterocycles. The van der Waals surface area contributed by atoms with Gasteiger partial charge in [-0.1, -0.05) is 0 Å². The molecule has 1 aliphatic heterocycles. The van der Waals surface area contributed by atoms with Crippen LogP contribution in [0.1, 0.15) is 18.4 Å². The van der Waals surface area contributed by atoms with Gasteiger partial charge in [-0.15, -0.1) is 41.1 Å². The van der Waals surface area contributed by atoms with Gasteiger partial charge >= 0.3 is 0 Å². The van der Waals surface area contributed by atoms with Crippen molar-refractivity contribution in [3.63, 3.8) is 0 Å². The molecule has 1 aromatic carbocycles. The molecule has 4 heteroatoms. The largest absolute Gasteiger partial charge is 0.420 e. The Morgan fingerprint density at radius 1 is 1.38 bits per heavy atom. The predicted molar refractivity (Wildman–Crippen MR) is 59.2 cm³/mol. The number of nitrogens with zero attached hydrogens (tertiary/aromatic N) is 1. The summed E-state index contributed by atoms with van der Waals surface area (Å²) in [5.41, 5.74) is 1.68. The zero-order valence-corrected chi connectivity index (χ0v) is 12.0. The van der Waals surface area contributed by atoms with Gasteiger partial charge in [-0.25, -0.2) is 0 Å². The van der Waals surface area contributed by atoms with Gasteiger partial charge in [0.15, 0.2) is 0 Å². The Labute approximate surface area is 121 Å². The second-order valence-corrected chi connectivity index (χ2v) is 3.79. The van der Waals surface area contributed by atoms with Crippen LogP contribution in [0, 0.1) is 12.0 Å². The van der Waals surface area contributed by atoms with E-state index in [0.717, 1.165) is 37.2 Å².